The summed E-state index contributed by atoms with van der Waals surface area (Å²) in [6.07, 6.45) is 1.08. The van der Waals surface area contributed by atoms with Crippen molar-refractivity contribution in [3.63, 3.8) is 0 Å². The average Bonchev–Trinajstić information content (AvgIpc) is 3.50. The maximum absolute atomic E-state index is 13.3. The number of fused-ring (bicyclic) bond motifs is 3. The molecule has 2 aromatic heterocycles. The Labute approximate surface area is 192 Å². The molecule has 0 aliphatic carbocycles. The Balaban J connectivity index is 1.46. The highest BCUT2D eigenvalue weighted by Crippen LogP contribution is 2.33. The second-order valence-electron chi connectivity index (χ2n) is 8.41. The number of para-hydroxylation sites is 1. The second kappa shape index (κ2) is 8.00. The highest BCUT2D eigenvalue weighted by Gasteiger charge is 2.41. The van der Waals surface area contributed by atoms with Gasteiger partial charge in [-0.2, -0.15) is 4.31 Å². The summed E-state index contributed by atoms with van der Waals surface area (Å²) in [6, 6.07) is 13.2. The zero-order chi connectivity index (χ0) is 23.3. The lowest BCUT2D eigenvalue weighted by Gasteiger charge is -2.23. The van der Waals surface area contributed by atoms with Gasteiger partial charge in [-0.1, -0.05) is 23.4 Å². The lowest BCUT2D eigenvalue weighted by molar-refractivity contribution is -0.119. The van der Waals surface area contributed by atoms with Crippen LogP contribution in [0.5, 0.6) is 0 Å². The number of nitrogens with one attached hydrogen (secondary N) is 1. The van der Waals surface area contributed by atoms with Crippen LogP contribution in [0.25, 0.3) is 21.8 Å². The first-order valence-corrected chi connectivity index (χ1v) is 12.5. The van der Waals surface area contributed by atoms with Gasteiger partial charge in [0.05, 0.1) is 0 Å². The molecule has 0 spiro atoms. The van der Waals surface area contributed by atoms with Crippen molar-refractivity contribution in [3.05, 3.63) is 53.9 Å². The van der Waals surface area contributed by atoms with Gasteiger partial charge in [0, 0.05) is 40.6 Å². The topological polar surface area (TPSA) is 97.4 Å². The fraction of sp³-hybridized carbons (Fsp3) is 0.333. The number of rotatable bonds is 5. The molecule has 1 aliphatic heterocycles. The Kier molecular flexibility index (Phi) is 5.25. The van der Waals surface area contributed by atoms with Crippen molar-refractivity contribution in [1.29, 1.82) is 0 Å². The van der Waals surface area contributed by atoms with Crippen LogP contribution in [-0.2, 0) is 21.4 Å². The minimum Gasteiger partial charge on any atom is -0.360 e. The quantitative estimate of drug-likeness (QED) is 0.475. The monoisotopic (exact) mass is 466 g/mol. The molecule has 33 heavy (non-hydrogen) atoms. The summed E-state index contributed by atoms with van der Waals surface area (Å²) in [5.41, 5.74) is 3.19. The van der Waals surface area contributed by atoms with E-state index < -0.39 is 16.1 Å². The number of nitrogens with zero attached hydrogens (tertiary/aromatic N) is 3. The van der Waals surface area contributed by atoms with Crippen LogP contribution in [-0.4, -0.2) is 40.9 Å². The molecule has 172 valence electrons. The van der Waals surface area contributed by atoms with Crippen molar-refractivity contribution in [3.8, 4) is 0 Å². The first-order chi connectivity index (χ1) is 15.8. The molecule has 3 heterocycles. The van der Waals surface area contributed by atoms with Gasteiger partial charge in [-0.3, -0.25) is 4.79 Å². The molecule has 0 saturated carbocycles. The van der Waals surface area contributed by atoms with Crippen molar-refractivity contribution in [1.82, 2.24) is 14.0 Å². The standard InChI is InChI=1S/C24H26N4O4S/c1-4-27-20-9-6-5-8-18(20)19-14-17(11-12-21(19)27)25-24(29)22-10-7-13-28(22)33(30,31)23-15(2)26-32-16(23)3/h5-6,8-9,11-12,14,22H,4,7,10,13H2,1-3H3,(H,25,29)/t22-/m1/s1. The summed E-state index contributed by atoms with van der Waals surface area (Å²) in [5.74, 6) is -0.0993. The van der Waals surface area contributed by atoms with Gasteiger partial charge in [0.25, 0.3) is 0 Å². The van der Waals surface area contributed by atoms with E-state index in [-0.39, 0.29) is 23.1 Å². The van der Waals surface area contributed by atoms with Crippen LogP contribution in [0.1, 0.15) is 31.2 Å². The fourth-order valence-electron chi connectivity index (χ4n) is 4.95. The van der Waals surface area contributed by atoms with Crippen LogP contribution < -0.4 is 5.32 Å². The molecule has 0 bridgehead atoms. The molecule has 4 aromatic rings. The number of sulfonamides is 1. The normalized spacial score (nSPS) is 17.2. The molecule has 1 fully saturated rings. The molecule has 1 amide bonds. The van der Waals surface area contributed by atoms with E-state index >= 15 is 0 Å². The molecule has 1 aliphatic rings. The van der Waals surface area contributed by atoms with Crippen LogP contribution in [0.2, 0.25) is 0 Å². The van der Waals surface area contributed by atoms with Crippen molar-refractivity contribution in [2.45, 2.75) is 51.1 Å². The van der Waals surface area contributed by atoms with Gasteiger partial charge in [-0.15, -0.1) is 0 Å². The second-order valence-corrected chi connectivity index (χ2v) is 10.2. The van der Waals surface area contributed by atoms with Crippen LogP contribution in [0.4, 0.5) is 5.69 Å². The molecular weight excluding hydrogens is 440 g/mol. The van der Waals surface area contributed by atoms with Crippen LogP contribution in [0.15, 0.2) is 51.9 Å². The maximum atomic E-state index is 13.3. The zero-order valence-electron chi connectivity index (χ0n) is 18.8. The fourth-order valence-corrected chi connectivity index (χ4v) is 6.90. The van der Waals surface area contributed by atoms with Gasteiger partial charge in [0.1, 0.15) is 16.6 Å². The number of amides is 1. The number of aromatic nitrogens is 2. The summed E-state index contributed by atoms with van der Waals surface area (Å²) < 4.78 is 35.2. The average molecular weight is 467 g/mol. The van der Waals surface area contributed by atoms with Crippen molar-refractivity contribution in [2.24, 2.45) is 0 Å². The number of benzene rings is 2. The predicted molar refractivity (Wildman–Crippen MR) is 127 cm³/mol. The van der Waals surface area contributed by atoms with E-state index in [4.69, 9.17) is 4.52 Å². The number of anilines is 1. The first kappa shape index (κ1) is 21.7. The lowest BCUT2D eigenvalue weighted by atomic mass is 10.1. The number of carbonyl (C=O) groups excluding carboxylic acids is 1. The summed E-state index contributed by atoms with van der Waals surface area (Å²) in [4.78, 5) is 13.3. The number of aryl methyl sites for hydroxylation is 3. The molecule has 1 saturated heterocycles. The number of carbonyl (C=O) groups is 1. The molecule has 5 rings (SSSR count). The molecule has 2 aromatic carbocycles. The highest BCUT2D eigenvalue weighted by molar-refractivity contribution is 7.89. The third-order valence-corrected chi connectivity index (χ3v) is 8.55. The SMILES string of the molecule is CCn1c2ccccc2c2cc(NC(=O)[C@H]3CCCN3S(=O)(=O)c3c(C)noc3C)ccc21. The van der Waals surface area contributed by atoms with E-state index in [1.165, 1.54) is 4.31 Å². The molecule has 9 heteroatoms. The summed E-state index contributed by atoms with van der Waals surface area (Å²) in [6.45, 7) is 6.39. The van der Waals surface area contributed by atoms with Gasteiger partial charge in [0.2, 0.25) is 15.9 Å². The van der Waals surface area contributed by atoms with Crippen LogP contribution in [0, 0.1) is 13.8 Å². The van der Waals surface area contributed by atoms with E-state index in [0.717, 1.165) is 28.4 Å². The predicted octanol–water partition coefficient (Wildman–Crippen LogP) is 4.21. The third kappa shape index (κ3) is 3.43. The lowest BCUT2D eigenvalue weighted by Crippen LogP contribution is -2.43. The van der Waals surface area contributed by atoms with Gasteiger partial charge >= 0.3 is 0 Å². The van der Waals surface area contributed by atoms with Gasteiger partial charge in [0.15, 0.2) is 5.76 Å². The molecule has 1 N–H and O–H groups in total. The van der Waals surface area contributed by atoms with Gasteiger partial charge in [-0.05, 0) is 57.9 Å². The third-order valence-electron chi connectivity index (χ3n) is 6.40. The van der Waals surface area contributed by atoms with Gasteiger partial charge in [-0.25, -0.2) is 8.42 Å². The molecular formula is C24H26N4O4S. The Morgan fingerprint density at radius 1 is 1.15 bits per heavy atom. The molecule has 0 unspecified atom stereocenters. The van der Waals surface area contributed by atoms with Gasteiger partial charge < -0.3 is 14.4 Å². The zero-order valence-corrected chi connectivity index (χ0v) is 19.6. The minimum atomic E-state index is -3.89. The number of hydrogen-bond donors (Lipinski definition) is 1. The Hall–Kier alpha value is -3.17. The van der Waals surface area contributed by atoms with E-state index in [2.05, 4.69) is 34.1 Å². The maximum Gasteiger partial charge on any atom is 0.249 e. The van der Waals surface area contributed by atoms with E-state index in [1.54, 1.807) is 13.8 Å². The molecule has 8 nitrogen and oxygen atoms in total. The van der Waals surface area contributed by atoms with E-state index in [0.29, 0.717) is 24.2 Å². The van der Waals surface area contributed by atoms with E-state index in [9.17, 15) is 13.2 Å². The van der Waals surface area contributed by atoms with Crippen molar-refractivity contribution < 1.29 is 17.7 Å². The largest absolute Gasteiger partial charge is 0.360 e. The number of hydrogen-bond acceptors (Lipinski definition) is 5. The smallest absolute Gasteiger partial charge is 0.249 e. The highest BCUT2D eigenvalue weighted by atomic mass is 32.2. The van der Waals surface area contributed by atoms with Crippen molar-refractivity contribution >= 4 is 43.4 Å². The van der Waals surface area contributed by atoms with Crippen molar-refractivity contribution in [2.75, 3.05) is 11.9 Å². The van der Waals surface area contributed by atoms with E-state index in [1.807, 2.05) is 30.3 Å². The molecule has 1 atom stereocenters. The minimum absolute atomic E-state index is 0.0518. The van der Waals surface area contributed by atoms with Crippen LogP contribution in [0.3, 0.4) is 0 Å². The Bertz CT molecular complexity index is 1470. The molecule has 0 radical (unpaired) electrons. The summed E-state index contributed by atoms with van der Waals surface area (Å²) in [7, 11) is -3.89. The Morgan fingerprint density at radius 3 is 2.64 bits per heavy atom. The summed E-state index contributed by atoms with van der Waals surface area (Å²) >= 11 is 0. The first-order valence-electron chi connectivity index (χ1n) is 11.1. The summed E-state index contributed by atoms with van der Waals surface area (Å²) in [5, 5.41) is 8.89. The van der Waals surface area contributed by atoms with Crippen LogP contribution >= 0.6 is 0 Å². The Morgan fingerprint density at radius 2 is 1.91 bits per heavy atom.